The summed E-state index contributed by atoms with van der Waals surface area (Å²) < 4.78 is 0. The molecule has 0 aliphatic carbocycles. The average Bonchev–Trinajstić information content (AvgIpc) is 2.71. The van der Waals surface area contributed by atoms with Crippen molar-refractivity contribution in [1.29, 1.82) is 0 Å². The number of nitrogens with one attached hydrogen (secondary N) is 2. The van der Waals surface area contributed by atoms with Crippen molar-refractivity contribution in [2.24, 2.45) is 0 Å². The second-order valence-corrected chi connectivity index (χ2v) is 8.51. The fourth-order valence-corrected chi connectivity index (χ4v) is 3.86. The number of amides is 2. The summed E-state index contributed by atoms with van der Waals surface area (Å²) in [5.74, 6) is -0.165. The van der Waals surface area contributed by atoms with Crippen LogP contribution in [0.5, 0.6) is 0 Å². The van der Waals surface area contributed by atoms with E-state index in [1.165, 1.54) is 19.3 Å². The standard InChI is InChI=1S/C23H34ClN3O3/c1-18(28)9-4-2-5-12-21(23(30)25-20-11-8-10-19(24)17-20)26-22(29)13-16-27-14-6-3-7-15-27/h8,10-11,17,21H,2-7,9,12-16H2,1H3,(H,25,30)(H,26,29). The number of nitrogens with zero attached hydrogens (tertiary/aromatic N) is 1. The van der Waals surface area contributed by atoms with Crippen molar-refractivity contribution in [3.05, 3.63) is 29.3 Å². The van der Waals surface area contributed by atoms with E-state index < -0.39 is 6.04 Å². The lowest BCUT2D eigenvalue weighted by Crippen LogP contribution is -2.45. The highest BCUT2D eigenvalue weighted by Gasteiger charge is 2.21. The van der Waals surface area contributed by atoms with Crippen molar-refractivity contribution in [2.45, 2.75) is 70.8 Å². The molecule has 0 saturated carbocycles. The van der Waals surface area contributed by atoms with Crippen LogP contribution in [0.4, 0.5) is 5.69 Å². The van der Waals surface area contributed by atoms with Gasteiger partial charge in [0.1, 0.15) is 11.8 Å². The molecule has 1 atom stereocenters. The normalized spacial score (nSPS) is 15.4. The van der Waals surface area contributed by atoms with E-state index in [4.69, 9.17) is 11.6 Å². The minimum atomic E-state index is -0.602. The Morgan fingerprint density at radius 2 is 1.83 bits per heavy atom. The summed E-state index contributed by atoms with van der Waals surface area (Å²) in [5, 5.41) is 6.30. The van der Waals surface area contributed by atoms with E-state index in [1.54, 1.807) is 31.2 Å². The molecule has 1 aliphatic heterocycles. The lowest BCUT2D eigenvalue weighted by molar-refractivity contribution is -0.126. The molecular formula is C23H34ClN3O3. The maximum atomic E-state index is 12.8. The first-order chi connectivity index (χ1) is 14.4. The number of benzene rings is 1. The predicted octanol–water partition coefficient (Wildman–Crippen LogP) is 4.18. The highest BCUT2D eigenvalue weighted by molar-refractivity contribution is 6.30. The van der Waals surface area contributed by atoms with Crippen molar-refractivity contribution in [3.63, 3.8) is 0 Å². The molecule has 1 heterocycles. The fourth-order valence-electron chi connectivity index (χ4n) is 3.67. The van der Waals surface area contributed by atoms with Gasteiger partial charge >= 0.3 is 0 Å². The van der Waals surface area contributed by atoms with E-state index in [0.717, 1.165) is 38.9 Å². The van der Waals surface area contributed by atoms with Crippen LogP contribution in [-0.2, 0) is 14.4 Å². The zero-order chi connectivity index (χ0) is 21.8. The van der Waals surface area contributed by atoms with Crippen LogP contribution in [0.25, 0.3) is 0 Å². The predicted molar refractivity (Wildman–Crippen MR) is 121 cm³/mol. The minimum Gasteiger partial charge on any atom is -0.344 e. The molecule has 1 unspecified atom stereocenters. The minimum absolute atomic E-state index is 0.101. The number of ketones is 1. The van der Waals surface area contributed by atoms with Gasteiger partial charge < -0.3 is 20.3 Å². The van der Waals surface area contributed by atoms with Gasteiger partial charge in [0.25, 0.3) is 0 Å². The van der Waals surface area contributed by atoms with E-state index in [1.807, 2.05) is 0 Å². The van der Waals surface area contributed by atoms with Crippen molar-refractivity contribution in [2.75, 3.05) is 25.0 Å². The van der Waals surface area contributed by atoms with E-state index in [-0.39, 0.29) is 17.6 Å². The van der Waals surface area contributed by atoms with Crippen LogP contribution in [0, 0.1) is 0 Å². The van der Waals surface area contributed by atoms with Crippen LogP contribution in [0.3, 0.4) is 0 Å². The Labute approximate surface area is 184 Å². The van der Waals surface area contributed by atoms with E-state index in [9.17, 15) is 14.4 Å². The van der Waals surface area contributed by atoms with Gasteiger partial charge in [-0.15, -0.1) is 0 Å². The highest BCUT2D eigenvalue weighted by atomic mass is 35.5. The summed E-state index contributed by atoms with van der Waals surface area (Å²) in [4.78, 5) is 38.7. The molecule has 30 heavy (non-hydrogen) atoms. The Hall–Kier alpha value is -1.92. The first kappa shape index (κ1) is 24.4. The number of halogens is 1. The number of carbonyl (C=O) groups is 3. The quantitative estimate of drug-likeness (QED) is 0.483. The lowest BCUT2D eigenvalue weighted by atomic mass is 10.0. The Morgan fingerprint density at radius 1 is 1.07 bits per heavy atom. The number of likely N-dealkylation sites (tertiary alicyclic amines) is 1. The summed E-state index contributed by atoms with van der Waals surface area (Å²) >= 11 is 6.00. The van der Waals surface area contributed by atoms with Gasteiger partial charge in [-0.2, -0.15) is 0 Å². The molecule has 6 nitrogen and oxygen atoms in total. The first-order valence-electron chi connectivity index (χ1n) is 11.0. The van der Waals surface area contributed by atoms with Crippen molar-refractivity contribution >= 4 is 34.9 Å². The lowest BCUT2D eigenvalue weighted by Gasteiger charge is -2.26. The Morgan fingerprint density at radius 3 is 2.53 bits per heavy atom. The highest BCUT2D eigenvalue weighted by Crippen LogP contribution is 2.16. The summed E-state index contributed by atoms with van der Waals surface area (Å²) in [5.41, 5.74) is 0.608. The zero-order valence-electron chi connectivity index (χ0n) is 17.9. The number of rotatable bonds is 12. The second-order valence-electron chi connectivity index (χ2n) is 8.07. The third-order valence-electron chi connectivity index (χ3n) is 5.37. The molecule has 1 aromatic carbocycles. The van der Waals surface area contributed by atoms with Crippen LogP contribution < -0.4 is 10.6 Å². The van der Waals surface area contributed by atoms with Gasteiger partial charge in [-0.3, -0.25) is 9.59 Å². The summed E-state index contributed by atoms with van der Waals surface area (Å²) in [7, 11) is 0. The summed E-state index contributed by atoms with van der Waals surface area (Å²) in [6.07, 6.45) is 7.56. The van der Waals surface area contributed by atoms with Crippen LogP contribution in [-0.4, -0.2) is 48.2 Å². The van der Waals surface area contributed by atoms with E-state index in [0.29, 0.717) is 30.0 Å². The van der Waals surface area contributed by atoms with Gasteiger partial charge in [0.15, 0.2) is 0 Å². The molecule has 0 spiro atoms. The van der Waals surface area contributed by atoms with Crippen LogP contribution in [0.1, 0.15) is 64.7 Å². The summed E-state index contributed by atoms with van der Waals surface area (Å²) in [6.45, 7) is 4.40. The number of hydrogen-bond donors (Lipinski definition) is 2. The zero-order valence-corrected chi connectivity index (χ0v) is 18.7. The third kappa shape index (κ3) is 9.72. The van der Waals surface area contributed by atoms with Gasteiger partial charge in [-0.05, 0) is 63.9 Å². The summed E-state index contributed by atoms with van der Waals surface area (Å²) in [6, 6.07) is 6.36. The molecule has 7 heteroatoms. The molecule has 0 aromatic heterocycles. The number of anilines is 1. The number of piperidine rings is 1. The Balaban J connectivity index is 1.87. The Bertz CT molecular complexity index is 705. The van der Waals surface area contributed by atoms with Gasteiger partial charge in [0, 0.05) is 30.1 Å². The monoisotopic (exact) mass is 435 g/mol. The van der Waals surface area contributed by atoms with Crippen LogP contribution in [0.15, 0.2) is 24.3 Å². The Kier molecular flexibility index (Phi) is 10.9. The second kappa shape index (κ2) is 13.4. The molecule has 1 saturated heterocycles. The van der Waals surface area contributed by atoms with Crippen molar-refractivity contribution < 1.29 is 14.4 Å². The molecular weight excluding hydrogens is 402 g/mol. The topological polar surface area (TPSA) is 78.5 Å². The molecule has 1 aliphatic rings. The van der Waals surface area contributed by atoms with Gasteiger partial charge in [-0.25, -0.2) is 0 Å². The maximum Gasteiger partial charge on any atom is 0.246 e. The molecule has 2 amide bonds. The van der Waals surface area contributed by atoms with E-state index >= 15 is 0 Å². The van der Waals surface area contributed by atoms with Crippen LogP contribution >= 0.6 is 11.6 Å². The van der Waals surface area contributed by atoms with Crippen LogP contribution in [0.2, 0.25) is 5.02 Å². The molecule has 0 radical (unpaired) electrons. The first-order valence-corrected chi connectivity index (χ1v) is 11.4. The smallest absolute Gasteiger partial charge is 0.246 e. The third-order valence-corrected chi connectivity index (χ3v) is 5.60. The number of hydrogen-bond acceptors (Lipinski definition) is 4. The van der Waals surface area contributed by atoms with Gasteiger partial charge in [0.2, 0.25) is 11.8 Å². The number of unbranched alkanes of at least 4 members (excludes halogenated alkanes) is 2. The van der Waals surface area contributed by atoms with Gasteiger partial charge in [0.05, 0.1) is 0 Å². The number of Topliss-reactive ketones (excluding diaryl/α,β-unsaturated/α-hetero) is 1. The van der Waals surface area contributed by atoms with E-state index in [2.05, 4.69) is 15.5 Å². The van der Waals surface area contributed by atoms with Crippen molar-refractivity contribution in [3.8, 4) is 0 Å². The molecule has 2 rings (SSSR count). The van der Waals surface area contributed by atoms with Crippen molar-refractivity contribution in [1.82, 2.24) is 10.2 Å². The molecule has 166 valence electrons. The molecule has 2 N–H and O–H groups in total. The average molecular weight is 436 g/mol. The molecule has 1 fully saturated rings. The SMILES string of the molecule is CC(=O)CCCCCC(NC(=O)CCN1CCCCC1)C(=O)Nc1cccc(Cl)c1. The molecule has 1 aromatic rings. The van der Waals surface area contributed by atoms with Gasteiger partial charge in [-0.1, -0.05) is 36.9 Å². The number of carbonyl (C=O) groups excluding carboxylic acids is 3. The fraction of sp³-hybridized carbons (Fsp3) is 0.609. The maximum absolute atomic E-state index is 12.8. The molecule has 0 bridgehead atoms. The largest absolute Gasteiger partial charge is 0.344 e.